The van der Waals surface area contributed by atoms with Gasteiger partial charge >= 0.3 is 19.1 Å². The Kier molecular flexibility index (Phi) is 5.57. The Bertz CT molecular complexity index is 759. The zero-order valence-electron chi connectivity index (χ0n) is 17.4. The van der Waals surface area contributed by atoms with Crippen molar-refractivity contribution in [3.8, 4) is 0 Å². The minimum atomic E-state index is -2.22. The van der Waals surface area contributed by atoms with Gasteiger partial charge in [0, 0.05) is 5.46 Å². The van der Waals surface area contributed by atoms with Gasteiger partial charge in [0.1, 0.15) is 0 Å². The fourth-order valence-corrected chi connectivity index (χ4v) is 4.79. The lowest BCUT2D eigenvalue weighted by atomic mass is 9.77. The quantitative estimate of drug-likeness (QED) is 0.549. The van der Waals surface area contributed by atoms with Gasteiger partial charge in [0.05, 0.1) is 33.5 Å². The van der Waals surface area contributed by atoms with E-state index in [1.807, 2.05) is 47.3 Å². The summed E-state index contributed by atoms with van der Waals surface area (Å²) in [6.45, 7) is 13.7. The second-order valence-corrected chi connectivity index (χ2v) is 13.5. The highest BCUT2D eigenvalue weighted by molar-refractivity contribution is 6.93. The Morgan fingerprint density at radius 2 is 1.30 bits per heavy atom. The van der Waals surface area contributed by atoms with Crippen molar-refractivity contribution in [3.05, 3.63) is 11.4 Å². The van der Waals surface area contributed by atoms with Gasteiger partial charge < -0.3 is 18.8 Å². The van der Waals surface area contributed by atoms with Crippen molar-refractivity contribution in [2.75, 3.05) is 14.2 Å². The summed E-state index contributed by atoms with van der Waals surface area (Å²) in [5.74, 6) is -1.28. The van der Waals surface area contributed by atoms with Gasteiger partial charge in [-0.05, 0) is 32.9 Å². The van der Waals surface area contributed by atoms with E-state index in [0.717, 1.165) is 0 Å². The van der Waals surface area contributed by atoms with E-state index in [4.69, 9.17) is 18.8 Å². The molecule has 148 valence electrons. The third-order valence-electron chi connectivity index (χ3n) is 5.01. The van der Waals surface area contributed by atoms with E-state index < -0.39 is 38.3 Å². The van der Waals surface area contributed by atoms with Crippen LogP contribution in [0.5, 0.6) is 0 Å². The zero-order valence-corrected chi connectivity index (χ0v) is 18.4. The minimum absolute atomic E-state index is 0.0129. The normalized spacial score (nSPS) is 18.3. The average molecular weight is 394 g/mol. The molecule has 8 nitrogen and oxygen atoms in total. The van der Waals surface area contributed by atoms with E-state index >= 15 is 0 Å². The van der Waals surface area contributed by atoms with Crippen LogP contribution in [0.25, 0.3) is 0 Å². The van der Waals surface area contributed by atoms with Crippen molar-refractivity contribution in [3.63, 3.8) is 0 Å². The molecule has 1 saturated heterocycles. The van der Waals surface area contributed by atoms with Crippen LogP contribution in [0.4, 0.5) is 0 Å². The molecule has 0 aromatic carbocycles. The third-order valence-corrected chi connectivity index (χ3v) is 7.01. The summed E-state index contributed by atoms with van der Waals surface area (Å²) in [4.78, 5) is 24.8. The van der Waals surface area contributed by atoms with Crippen LogP contribution >= 0.6 is 0 Å². The summed E-state index contributed by atoms with van der Waals surface area (Å²) in [7, 11) is -0.565. The number of nitrogens with zero attached hydrogens (tertiary/aromatic N) is 2. The highest BCUT2D eigenvalue weighted by Gasteiger charge is 2.54. The molecule has 0 saturated carbocycles. The third kappa shape index (κ3) is 3.78. The number of carbonyl (C=O) groups excluding carboxylic acids is 2. The van der Waals surface area contributed by atoms with Gasteiger partial charge in [-0.3, -0.25) is 0 Å². The van der Waals surface area contributed by atoms with Crippen LogP contribution in [-0.2, 0) is 18.8 Å². The van der Waals surface area contributed by atoms with Gasteiger partial charge in [-0.15, -0.1) is 10.2 Å². The molecule has 1 aliphatic rings. The lowest BCUT2D eigenvalue weighted by Gasteiger charge is -2.32. The predicted octanol–water partition coefficient (Wildman–Crippen LogP) is 0.894. The number of methoxy groups -OCH3 is 2. The smallest absolute Gasteiger partial charge is 0.464 e. The Morgan fingerprint density at radius 3 is 1.70 bits per heavy atom. The Balaban J connectivity index is 2.83. The maximum atomic E-state index is 12.4. The number of aromatic nitrogens is 2. The fourth-order valence-electron chi connectivity index (χ4n) is 2.89. The second kappa shape index (κ2) is 6.99. The first kappa shape index (κ1) is 21.5. The average Bonchev–Trinajstić information content (AvgIpc) is 2.78. The molecule has 0 N–H and O–H groups in total. The van der Waals surface area contributed by atoms with Crippen LogP contribution in [0.3, 0.4) is 0 Å². The van der Waals surface area contributed by atoms with E-state index in [0.29, 0.717) is 10.6 Å². The zero-order chi connectivity index (χ0) is 20.8. The van der Waals surface area contributed by atoms with Gasteiger partial charge in [-0.1, -0.05) is 19.6 Å². The molecule has 0 aliphatic carbocycles. The molecule has 0 spiro atoms. The topological polar surface area (TPSA) is 96.8 Å². The standard InChI is InChI=1S/C17H27BN2O6Si/c1-16(2)17(3,4)26-18(25-16)10-11(14(21)23-5)19-20-12(15(22)24-6)13(10)27(7,8)9/h1-9H3. The molecule has 0 atom stereocenters. The predicted molar refractivity (Wildman–Crippen MR) is 103 cm³/mol. The summed E-state index contributed by atoms with van der Waals surface area (Å²) < 4.78 is 22.1. The lowest BCUT2D eigenvalue weighted by Crippen LogP contribution is -2.59. The molecule has 1 aliphatic heterocycles. The number of carbonyl (C=O) groups is 2. The van der Waals surface area contributed by atoms with Crippen molar-refractivity contribution < 1.29 is 28.4 Å². The lowest BCUT2D eigenvalue weighted by molar-refractivity contribution is 0.00578. The molecular formula is C17H27BN2O6Si. The first-order chi connectivity index (χ1) is 12.3. The summed E-state index contributed by atoms with van der Waals surface area (Å²) in [5, 5.41) is 8.57. The van der Waals surface area contributed by atoms with E-state index in [1.165, 1.54) is 14.2 Å². The molecule has 1 fully saturated rings. The Labute approximate surface area is 161 Å². The SMILES string of the molecule is COC(=O)c1nnc(C(=O)OC)c([Si](C)(C)C)c1B1OC(C)(C)C(C)(C)O1. The molecule has 1 aromatic rings. The van der Waals surface area contributed by atoms with E-state index in [9.17, 15) is 9.59 Å². The van der Waals surface area contributed by atoms with E-state index in [1.54, 1.807) is 0 Å². The largest absolute Gasteiger partial charge is 0.497 e. The van der Waals surface area contributed by atoms with Gasteiger partial charge in [0.2, 0.25) is 0 Å². The maximum Gasteiger partial charge on any atom is 0.497 e. The second-order valence-electron chi connectivity index (χ2n) is 8.51. The van der Waals surface area contributed by atoms with Crippen LogP contribution in [0, 0.1) is 0 Å². The summed E-state index contributed by atoms with van der Waals surface area (Å²) >= 11 is 0. The van der Waals surface area contributed by atoms with Crippen LogP contribution < -0.4 is 10.6 Å². The number of rotatable bonds is 4. The van der Waals surface area contributed by atoms with Crippen LogP contribution in [0.15, 0.2) is 0 Å². The minimum Gasteiger partial charge on any atom is -0.464 e. The Morgan fingerprint density at radius 1 is 0.889 bits per heavy atom. The molecule has 2 rings (SSSR count). The van der Waals surface area contributed by atoms with Gasteiger partial charge in [-0.2, -0.15) is 0 Å². The van der Waals surface area contributed by atoms with E-state index in [2.05, 4.69) is 10.2 Å². The molecule has 0 unspecified atom stereocenters. The molecule has 0 radical (unpaired) electrons. The van der Waals surface area contributed by atoms with Crippen molar-refractivity contribution in [2.45, 2.75) is 58.5 Å². The van der Waals surface area contributed by atoms with Crippen LogP contribution in [-0.4, -0.2) is 62.7 Å². The van der Waals surface area contributed by atoms with Crippen molar-refractivity contribution in [1.29, 1.82) is 0 Å². The number of hydrogen-bond donors (Lipinski definition) is 0. The van der Waals surface area contributed by atoms with Crippen LogP contribution in [0.2, 0.25) is 19.6 Å². The maximum absolute atomic E-state index is 12.4. The number of hydrogen-bond acceptors (Lipinski definition) is 8. The molecule has 10 heteroatoms. The highest BCUT2D eigenvalue weighted by atomic mass is 28.3. The first-order valence-corrected chi connectivity index (χ1v) is 12.2. The van der Waals surface area contributed by atoms with Crippen molar-refractivity contribution in [1.82, 2.24) is 10.2 Å². The monoisotopic (exact) mass is 394 g/mol. The molecule has 0 amide bonds. The molecular weight excluding hydrogens is 367 g/mol. The van der Waals surface area contributed by atoms with Crippen molar-refractivity contribution in [2.24, 2.45) is 0 Å². The first-order valence-electron chi connectivity index (χ1n) is 8.70. The highest BCUT2D eigenvalue weighted by Crippen LogP contribution is 2.36. The molecule has 0 bridgehead atoms. The summed E-state index contributed by atoms with van der Waals surface area (Å²) in [5.41, 5.74) is -0.794. The number of esters is 2. The molecule has 2 heterocycles. The van der Waals surface area contributed by atoms with Crippen LogP contribution in [0.1, 0.15) is 48.7 Å². The summed E-state index contributed by atoms with van der Waals surface area (Å²) in [6, 6.07) is 0. The molecule has 27 heavy (non-hydrogen) atoms. The number of ether oxygens (including phenoxy) is 2. The Hall–Kier alpha value is -1.78. The van der Waals surface area contributed by atoms with Gasteiger partial charge in [0.15, 0.2) is 11.4 Å². The fraction of sp³-hybridized carbons (Fsp3) is 0.647. The van der Waals surface area contributed by atoms with Gasteiger partial charge in [-0.25, -0.2) is 9.59 Å². The van der Waals surface area contributed by atoms with Crippen molar-refractivity contribution >= 4 is 37.8 Å². The summed E-state index contributed by atoms with van der Waals surface area (Å²) in [6.07, 6.45) is 0. The van der Waals surface area contributed by atoms with Gasteiger partial charge in [0.25, 0.3) is 0 Å². The van der Waals surface area contributed by atoms with E-state index in [-0.39, 0.29) is 11.4 Å². The molecule has 1 aromatic heterocycles.